The maximum absolute atomic E-state index is 11.9. The molecule has 2 aromatic rings. The fourth-order valence-corrected chi connectivity index (χ4v) is 4.88. The number of nitrogens with two attached hydrogens (primary N) is 1. The summed E-state index contributed by atoms with van der Waals surface area (Å²) in [5.41, 5.74) is 11.5. The molecule has 5 nitrogen and oxygen atoms in total. The number of fused-ring (bicyclic) bond motifs is 5. The second-order valence-electron chi connectivity index (χ2n) is 7.39. The van der Waals surface area contributed by atoms with Crippen molar-refractivity contribution in [2.45, 2.75) is 26.3 Å². The molecule has 3 heterocycles. The number of methoxy groups -OCH3 is 1. The number of hydrogen-bond acceptors (Lipinski definition) is 3. The number of rotatable bonds is 3. The van der Waals surface area contributed by atoms with Crippen LogP contribution in [0, 0.1) is 11.8 Å². The molecular formula is C22H26N3O2+. The molecule has 0 radical (unpaired) electrons. The number of aromatic amines is 1. The van der Waals surface area contributed by atoms with Gasteiger partial charge in [-0.15, -0.1) is 0 Å². The number of allylic oxidation sites excluding steroid dienone is 3. The van der Waals surface area contributed by atoms with Crippen molar-refractivity contribution in [3.05, 3.63) is 58.6 Å². The summed E-state index contributed by atoms with van der Waals surface area (Å²) in [4.78, 5) is 15.5. The minimum Gasteiger partial charge on any atom is -0.482 e. The van der Waals surface area contributed by atoms with Crippen LogP contribution in [0.4, 0.5) is 0 Å². The van der Waals surface area contributed by atoms with E-state index in [-0.39, 0.29) is 23.8 Å². The Morgan fingerprint density at radius 3 is 2.85 bits per heavy atom. The average molecular weight is 364 g/mol. The molecule has 1 aromatic heterocycles. The molecule has 0 spiro atoms. The van der Waals surface area contributed by atoms with Gasteiger partial charge in [0.25, 0.3) is 0 Å². The first-order valence-corrected chi connectivity index (χ1v) is 9.45. The molecule has 3 N–H and O–H groups in total. The van der Waals surface area contributed by atoms with Gasteiger partial charge in [-0.1, -0.05) is 31.2 Å². The molecule has 3 unspecified atom stereocenters. The number of carbonyl (C=O) groups is 1. The summed E-state index contributed by atoms with van der Waals surface area (Å²) in [6.07, 6.45) is 6.13. The number of ether oxygens (including phenoxy) is 1. The normalized spacial score (nSPS) is 26.9. The Kier molecular flexibility index (Phi) is 4.38. The zero-order valence-electron chi connectivity index (χ0n) is 16.0. The highest BCUT2D eigenvalue weighted by Gasteiger charge is 2.46. The minimum atomic E-state index is -0.0916. The molecular weight excluding hydrogens is 338 g/mol. The van der Waals surface area contributed by atoms with Crippen LogP contribution in [0.2, 0.25) is 0 Å². The monoisotopic (exact) mass is 364 g/mol. The first-order chi connectivity index (χ1) is 13.1. The molecule has 0 amide bonds. The van der Waals surface area contributed by atoms with Crippen LogP contribution in [0.15, 0.2) is 47.4 Å². The lowest BCUT2D eigenvalue weighted by molar-refractivity contribution is -0.585. The summed E-state index contributed by atoms with van der Waals surface area (Å²) in [6.45, 7) is 5.18. The van der Waals surface area contributed by atoms with Crippen LogP contribution in [0.25, 0.3) is 10.9 Å². The van der Waals surface area contributed by atoms with E-state index >= 15 is 0 Å². The summed E-state index contributed by atoms with van der Waals surface area (Å²) in [5.74, 6) is 0.281. The highest BCUT2D eigenvalue weighted by Crippen LogP contribution is 2.45. The van der Waals surface area contributed by atoms with Crippen LogP contribution in [0.5, 0.6) is 0 Å². The van der Waals surface area contributed by atoms with Crippen molar-refractivity contribution >= 4 is 23.4 Å². The second-order valence-corrected chi connectivity index (χ2v) is 7.39. The van der Waals surface area contributed by atoms with Gasteiger partial charge in [-0.25, -0.2) is 4.58 Å². The zero-order valence-corrected chi connectivity index (χ0v) is 16.0. The fraction of sp³-hybridized carbons (Fsp3) is 0.364. The molecule has 2 aliphatic rings. The van der Waals surface area contributed by atoms with E-state index in [1.54, 1.807) is 0 Å². The van der Waals surface area contributed by atoms with E-state index < -0.39 is 0 Å². The maximum atomic E-state index is 11.9. The Labute approximate surface area is 159 Å². The lowest BCUT2D eigenvalue weighted by atomic mass is 9.73. The number of hydrogen-bond donors (Lipinski definition) is 2. The number of benzene rings is 1. The van der Waals surface area contributed by atoms with Crippen LogP contribution >= 0.6 is 0 Å². The van der Waals surface area contributed by atoms with Gasteiger partial charge in [-0.2, -0.15) is 0 Å². The molecule has 1 aromatic carbocycles. The molecule has 0 bridgehead atoms. The highest BCUT2D eigenvalue weighted by atomic mass is 16.5. The summed E-state index contributed by atoms with van der Waals surface area (Å²) in [5, 5.41) is 1.30. The number of H-pyrrole nitrogens is 1. The fourth-order valence-electron chi connectivity index (χ4n) is 4.88. The molecule has 0 saturated carbocycles. The standard InChI is InChI=1S/C22H25N3O2/c1-4-14-11-25-10-9-16-15-7-5-6-8-18(15)24-20(16)21(25)13(2)19(14)17(12-26)22(23)27-3/h4-8,11-13,19,21,24H,9-10H2,1-3H3,(H-,23,26)/p+1/b14-4-. The molecule has 0 fully saturated rings. The molecule has 2 aliphatic heterocycles. The Balaban J connectivity index is 1.90. The lowest BCUT2D eigenvalue weighted by Gasteiger charge is -2.36. The van der Waals surface area contributed by atoms with Crippen LogP contribution in [-0.4, -0.2) is 35.7 Å². The Bertz CT molecular complexity index is 996. The number of nitrogens with one attached hydrogen (secondary N) is 1. The molecule has 140 valence electrons. The van der Waals surface area contributed by atoms with Crippen molar-refractivity contribution in [2.24, 2.45) is 17.6 Å². The van der Waals surface area contributed by atoms with Gasteiger partial charge in [-0.3, -0.25) is 4.79 Å². The number of para-hydroxylation sites is 1. The van der Waals surface area contributed by atoms with Crippen molar-refractivity contribution in [3.63, 3.8) is 0 Å². The molecule has 27 heavy (non-hydrogen) atoms. The van der Waals surface area contributed by atoms with Gasteiger partial charge >= 0.3 is 0 Å². The number of aldehydes is 1. The van der Waals surface area contributed by atoms with Crippen LogP contribution < -0.4 is 5.73 Å². The summed E-state index contributed by atoms with van der Waals surface area (Å²) >= 11 is 0. The van der Waals surface area contributed by atoms with Gasteiger partial charge < -0.3 is 15.5 Å². The number of aromatic nitrogens is 1. The van der Waals surface area contributed by atoms with Crippen molar-refractivity contribution in [3.8, 4) is 0 Å². The average Bonchev–Trinajstić information content (AvgIpc) is 3.07. The molecule has 5 heteroatoms. The largest absolute Gasteiger partial charge is 0.482 e. The summed E-state index contributed by atoms with van der Waals surface area (Å²) in [7, 11) is 1.51. The molecule has 3 atom stereocenters. The molecule has 4 rings (SSSR count). The van der Waals surface area contributed by atoms with Crippen LogP contribution in [0.3, 0.4) is 0 Å². The Morgan fingerprint density at radius 2 is 2.15 bits per heavy atom. The third-order valence-corrected chi connectivity index (χ3v) is 6.12. The van der Waals surface area contributed by atoms with Crippen molar-refractivity contribution in [1.82, 2.24) is 4.98 Å². The number of nitrogens with zero attached hydrogens (tertiary/aromatic N) is 1. The predicted octanol–water partition coefficient (Wildman–Crippen LogP) is 3.08. The maximum Gasteiger partial charge on any atom is 0.196 e. The first kappa shape index (κ1) is 17.6. The van der Waals surface area contributed by atoms with Gasteiger partial charge in [0.05, 0.1) is 18.4 Å². The van der Waals surface area contributed by atoms with E-state index in [0.29, 0.717) is 5.57 Å². The topological polar surface area (TPSA) is 71.1 Å². The predicted molar refractivity (Wildman–Crippen MR) is 107 cm³/mol. The third kappa shape index (κ3) is 2.60. The van der Waals surface area contributed by atoms with E-state index in [1.807, 2.05) is 6.92 Å². The second kappa shape index (κ2) is 6.72. The van der Waals surface area contributed by atoms with Crippen molar-refractivity contribution in [1.29, 1.82) is 0 Å². The van der Waals surface area contributed by atoms with E-state index in [4.69, 9.17) is 10.5 Å². The van der Waals surface area contributed by atoms with Crippen molar-refractivity contribution < 1.29 is 14.1 Å². The van der Waals surface area contributed by atoms with Crippen LogP contribution in [-0.2, 0) is 16.0 Å². The van der Waals surface area contributed by atoms with Crippen LogP contribution in [0.1, 0.15) is 31.1 Å². The SMILES string of the molecule is C/C=C1/C=[N+]2CCc3c([nH]c4ccccc34)C2C(C)C1/C(C=O)=C(\N)OC. The smallest absolute Gasteiger partial charge is 0.196 e. The van der Waals surface area contributed by atoms with E-state index in [9.17, 15) is 4.79 Å². The molecule has 0 saturated heterocycles. The summed E-state index contributed by atoms with van der Waals surface area (Å²) in [6, 6.07) is 8.64. The van der Waals surface area contributed by atoms with E-state index in [2.05, 4.69) is 53.0 Å². The van der Waals surface area contributed by atoms with Crippen molar-refractivity contribution in [2.75, 3.05) is 13.7 Å². The third-order valence-electron chi connectivity index (χ3n) is 6.12. The van der Waals surface area contributed by atoms with Gasteiger partial charge in [-0.05, 0) is 18.6 Å². The Hall–Kier alpha value is -2.82. The number of carbonyl (C=O) groups excluding carboxylic acids is 1. The van der Waals surface area contributed by atoms with E-state index in [0.717, 1.165) is 24.8 Å². The molecule has 0 aliphatic carbocycles. The van der Waals surface area contributed by atoms with Gasteiger partial charge in [0.2, 0.25) is 0 Å². The van der Waals surface area contributed by atoms with Gasteiger partial charge in [0, 0.05) is 34.7 Å². The first-order valence-electron chi connectivity index (χ1n) is 9.45. The van der Waals surface area contributed by atoms with E-state index in [1.165, 1.54) is 29.3 Å². The highest BCUT2D eigenvalue weighted by molar-refractivity contribution is 5.86. The van der Waals surface area contributed by atoms with Gasteiger partial charge in [0.15, 0.2) is 24.4 Å². The lowest BCUT2D eigenvalue weighted by Crippen LogP contribution is -2.41. The quantitative estimate of drug-likeness (QED) is 0.381. The minimum absolute atomic E-state index is 0.0916. The summed E-state index contributed by atoms with van der Waals surface area (Å²) < 4.78 is 7.62. The zero-order chi connectivity index (χ0) is 19.1. The Morgan fingerprint density at radius 1 is 1.37 bits per heavy atom. The van der Waals surface area contributed by atoms with Gasteiger partial charge in [0.1, 0.15) is 6.54 Å².